The maximum atomic E-state index is 2.62. The Labute approximate surface area is 336 Å². The first-order valence-corrected chi connectivity index (χ1v) is 20.6. The number of anilines is 5. The lowest BCUT2D eigenvalue weighted by Gasteiger charge is -2.40. The minimum Gasteiger partial charge on any atom is -0.330 e. The van der Waals surface area contributed by atoms with E-state index in [2.05, 4.69) is 196 Å². The van der Waals surface area contributed by atoms with Gasteiger partial charge in [0.25, 0.3) is 0 Å². The SMILES string of the molecule is Cc1cc(C)cc(N(c2ccc(C)cc2C)c2ccc3c(C(C)C)cc4c5c3c2CC(C(C)C)=C5C=CC4N(c2cc(C)cc(C)c2)c2ccc(C)cc2C)c1. The van der Waals surface area contributed by atoms with Crippen LogP contribution in [0, 0.1) is 61.3 Å². The standard InChI is InChI=1S/C54H58N2/c1-31(2)45-29-47-51(55(41-25-35(7)21-36(8)26-41)49-17-13-33(5)23-39(49)11)20-16-44-46(32(3)4)30-48-52(19-15-43(45)53(48)54(44)47)56(42-27-37(9)22-38(10)28-42)50-18-14-34(6)24-40(50)12/h13-29,31-32,51H,30H2,1-12H3. The monoisotopic (exact) mass is 734 g/mol. The predicted octanol–water partition coefficient (Wildman–Crippen LogP) is 15.3. The van der Waals surface area contributed by atoms with Gasteiger partial charge < -0.3 is 9.80 Å². The first kappa shape index (κ1) is 37.6. The first-order chi connectivity index (χ1) is 26.7. The van der Waals surface area contributed by atoms with E-state index < -0.39 is 0 Å². The molecule has 284 valence electrons. The molecule has 1 atom stereocenters. The lowest BCUT2D eigenvalue weighted by molar-refractivity contribution is 0.740. The molecule has 0 saturated heterocycles. The number of benzene rings is 6. The number of nitrogens with zero attached hydrogens (tertiary/aromatic N) is 2. The molecule has 2 heteroatoms. The summed E-state index contributed by atoms with van der Waals surface area (Å²) in [6.45, 7) is 27.4. The van der Waals surface area contributed by atoms with Crippen LogP contribution in [0.4, 0.5) is 28.4 Å². The van der Waals surface area contributed by atoms with Crippen molar-refractivity contribution in [3.05, 3.63) is 175 Å². The Morgan fingerprint density at radius 3 is 1.64 bits per heavy atom. The van der Waals surface area contributed by atoms with Crippen LogP contribution in [0.25, 0.3) is 16.3 Å². The molecule has 0 fully saturated rings. The van der Waals surface area contributed by atoms with Crippen molar-refractivity contribution in [2.75, 3.05) is 9.80 Å². The van der Waals surface area contributed by atoms with Crippen LogP contribution in [0.1, 0.15) is 106 Å². The maximum absolute atomic E-state index is 2.62. The van der Waals surface area contributed by atoms with Gasteiger partial charge in [0.2, 0.25) is 0 Å². The number of rotatable bonds is 8. The molecule has 8 rings (SSSR count). The van der Waals surface area contributed by atoms with Crippen LogP contribution in [0.3, 0.4) is 0 Å². The molecule has 0 spiro atoms. The summed E-state index contributed by atoms with van der Waals surface area (Å²) in [6.07, 6.45) is 5.91. The second kappa shape index (κ2) is 14.3. The fourth-order valence-electron chi connectivity index (χ4n) is 9.84. The molecule has 0 radical (unpaired) electrons. The lowest BCUT2D eigenvalue weighted by Crippen LogP contribution is -2.27. The molecule has 2 aliphatic rings. The van der Waals surface area contributed by atoms with Gasteiger partial charge in [-0.3, -0.25) is 0 Å². The van der Waals surface area contributed by atoms with Crippen molar-refractivity contribution in [2.24, 2.45) is 5.92 Å². The fraction of sp³-hybridized carbons (Fsp3) is 0.296. The summed E-state index contributed by atoms with van der Waals surface area (Å²) < 4.78 is 0. The van der Waals surface area contributed by atoms with E-state index >= 15 is 0 Å². The normalized spacial score (nSPS) is 14.7. The van der Waals surface area contributed by atoms with Crippen molar-refractivity contribution in [2.45, 2.75) is 101 Å². The van der Waals surface area contributed by atoms with Gasteiger partial charge in [-0.2, -0.15) is 0 Å². The molecular formula is C54H58N2. The molecule has 0 aliphatic heterocycles. The molecule has 1 unspecified atom stereocenters. The summed E-state index contributed by atoms with van der Waals surface area (Å²) in [6, 6.07) is 35.4. The summed E-state index contributed by atoms with van der Waals surface area (Å²) in [4.78, 5) is 5.18. The highest BCUT2D eigenvalue weighted by Crippen LogP contribution is 2.54. The predicted molar refractivity (Wildman–Crippen MR) is 243 cm³/mol. The van der Waals surface area contributed by atoms with Crippen LogP contribution in [0.2, 0.25) is 0 Å². The van der Waals surface area contributed by atoms with Crippen molar-refractivity contribution < 1.29 is 0 Å². The molecule has 0 bridgehead atoms. The molecule has 0 aromatic heterocycles. The van der Waals surface area contributed by atoms with Crippen molar-refractivity contribution in [3.8, 4) is 0 Å². The fourth-order valence-corrected chi connectivity index (χ4v) is 9.84. The third-order valence-electron chi connectivity index (χ3n) is 12.2. The van der Waals surface area contributed by atoms with E-state index in [0.717, 1.165) is 6.42 Å². The Hall–Kier alpha value is -5.34. The molecule has 0 N–H and O–H groups in total. The van der Waals surface area contributed by atoms with Gasteiger partial charge in [-0.1, -0.05) is 105 Å². The van der Waals surface area contributed by atoms with Gasteiger partial charge in [-0.25, -0.2) is 0 Å². The molecule has 56 heavy (non-hydrogen) atoms. The molecule has 0 saturated carbocycles. The van der Waals surface area contributed by atoms with Gasteiger partial charge in [0, 0.05) is 22.7 Å². The topological polar surface area (TPSA) is 6.48 Å². The summed E-state index contributed by atoms with van der Waals surface area (Å²) in [5, 5.41) is 2.81. The Kier molecular flexibility index (Phi) is 9.60. The van der Waals surface area contributed by atoms with E-state index in [4.69, 9.17) is 0 Å². The Morgan fingerprint density at radius 1 is 0.536 bits per heavy atom. The Balaban J connectivity index is 1.48. The third kappa shape index (κ3) is 6.47. The van der Waals surface area contributed by atoms with E-state index in [9.17, 15) is 0 Å². The van der Waals surface area contributed by atoms with Crippen LogP contribution in [0.15, 0.2) is 109 Å². The van der Waals surface area contributed by atoms with E-state index in [1.165, 1.54) is 117 Å². The van der Waals surface area contributed by atoms with E-state index in [-0.39, 0.29) is 6.04 Å². The number of hydrogen-bond acceptors (Lipinski definition) is 2. The molecular weight excluding hydrogens is 677 g/mol. The largest absolute Gasteiger partial charge is 0.330 e. The van der Waals surface area contributed by atoms with Gasteiger partial charge in [-0.05, 0) is 188 Å². The lowest BCUT2D eigenvalue weighted by atomic mass is 9.72. The van der Waals surface area contributed by atoms with Crippen molar-refractivity contribution in [1.29, 1.82) is 0 Å². The van der Waals surface area contributed by atoms with Gasteiger partial charge >= 0.3 is 0 Å². The van der Waals surface area contributed by atoms with Crippen LogP contribution in [-0.4, -0.2) is 0 Å². The van der Waals surface area contributed by atoms with Crippen LogP contribution < -0.4 is 9.80 Å². The average molecular weight is 735 g/mol. The van der Waals surface area contributed by atoms with Crippen LogP contribution >= 0.6 is 0 Å². The molecule has 2 nitrogen and oxygen atoms in total. The quantitative estimate of drug-likeness (QED) is 0.154. The van der Waals surface area contributed by atoms with Crippen LogP contribution in [0.5, 0.6) is 0 Å². The smallest absolute Gasteiger partial charge is 0.0785 e. The molecule has 6 aromatic rings. The summed E-state index contributed by atoms with van der Waals surface area (Å²) in [5.74, 6) is 0.751. The molecule has 6 aromatic carbocycles. The third-order valence-corrected chi connectivity index (χ3v) is 12.2. The highest BCUT2D eigenvalue weighted by molar-refractivity contribution is 6.08. The zero-order valence-electron chi connectivity index (χ0n) is 35.6. The minimum atomic E-state index is 0.0103. The Bertz CT molecular complexity index is 2570. The van der Waals surface area contributed by atoms with Gasteiger partial charge in [0.1, 0.15) is 0 Å². The van der Waals surface area contributed by atoms with E-state index in [1.54, 1.807) is 0 Å². The first-order valence-electron chi connectivity index (χ1n) is 20.6. The van der Waals surface area contributed by atoms with Gasteiger partial charge in [0.15, 0.2) is 0 Å². The Morgan fingerprint density at radius 2 is 1.09 bits per heavy atom. The minimum absolute atomic E-state index is 0.0103. The zero-order valence-corrected chi connectivity index (χ0v) is 35.6. The van der Waals surface area contributed by atoms with Crippen LogP contribution in [-0.2, 0) is 6.42 Å². The molecule has 0 amide bonds. The highest BCUT2D eigenvalue weighted by atomic mass is 15.2. The second-order valence-corrected chi connectivity index (χ2v) is 17.6. The number of aryl methyl sites for hydroxylation is 8. The second-order valence-electron chi connectivity index (χ2n) is 17.6. The number of allylic oxidation sites excluding steroid dienone is 3. The van der Waals surface area contributed by atoms with Crippen molar-refractivity contribution >= 4 is 44.8 Å². The summed E-state index contributed by atoms with van der Waals surface area (Å²) in [5.41, 5.74) is 25.1. The zero-order chi connectivity index (χ0) is 39.7. The summed E-state index contributed by atoms with van der Waals surface area (Å²) >= 11 is 0. The van der Waals surface area contributed by atoms with E-state index in [0.29, 0.717) is 11.8 Å². The number of hydrogen-bond donors (Lipinski definition) is 0. The van der Waals surface area contributed by atoms with Crippen molar-refractivity contribution in [1.82, 2.24) is 0 Å². The average Bonchev–Trinajstić information content (AvgIpc) is 3.12. The van der Waals surface area contributed by atoms with Gasteiger partial charge in [0.05, 0.1) is 11.7 Å². The van der Waals surface area contributed by atoms with Gasteiger partial charge in [-0.15, -0.1) is 0 Å². The van der Waals surface area contributed by atoms with E-state index in [1.807, 2.05) is 0 Å². The highest BCUT2D eigenvalue weighted by Gasteiger charge is 2.36. The maximum Gasteiger partial charge on any atom is 0.0785 e. The van der Waals surface area contributed by atoms with Crippen molar-refractivity contribution in [3.63, 3.8) is 0 Å². The molecule has 2 aliphatic carbocycles. The summed E-state index contributed by atoms with van der Waals surface area (Å²) in [7, 11) is 0. The molecule has 0 heterocycles.